The topological polar surface area (TPSA) is 31.4 Å². The van der Waals surface area contributed by atoms with Crippen molar-refractivity contribution in [2.75, 3.05) is 38.1 Å². The number of hydrogen-bond acceptors (Lipinski definition) is 4. The molecule has 112 valence electrons. The van der Waals surface area contributed by atoms with E-state index >= 15 is 0 Å². The number of rotatable bonds is 6. The second-order valence-electron chi connectivity index (χ2n) is 5.58. The van der Waals surface area contributed by atoms with Crippen molar-refractivity contribution in [1.29, 1.82) is 0 Å². The Morgan fingerprint density at radius 3 is 2.60 bits per heavy atom. The smallest absolute Gasteiger partial charge is 0.128 e. The van der Waals surface area contributed by atoms with Crippen LogP contribution in [0.15, 0.2) is 18.3 Å². The van der Waals surface area contributed by atoms with E-state index in [4.69, 9.17) is 0 Å². The van der Waals surface area contributed by atoms with Gasteiger partial charge in [0.15, 0.2) is 0 Å². The standard InChI is InChI=1S/C16H28N4/c1-4-17-12-14-6-7-16(18-13-14)19(3)15-8-10-20(5-2)11-9-15/h6-7,13,15,17H,4-5,8-12H2,1-3H3. The van der Waals surface area contributed by atoms with E-state index in [2.05, 4.69) is 53.1 Å². The van der Waals surface area contributed by atoms with Crippen molar-refractivity contribution in [2.45, 2.75) is 39.3 Å². The lowest BCUT2D eigenvalue weighted by Gasteiger charge is -2.36. The predicted molar refractivity (Wildman–Crippen MR) is 85.2 cm³/mol. The van der Waals surface area contributed by atoms with Crippen molar-refractivity contribution >= 4 is 5.82 Å². The van der Waals surface area contributed by atoms with Crippen LogP contribution < -0.4 is 10.2 Å². The number of hydrogen-bond donors (Lipinski definition) is 1. The zero-order valence-corrected chi connectivity index (χ0v) is 13.1. The zero-order chi connectivity index (χ0) is 14.4. The molecule has 2 rings (SSSR count). The Labute approximate surface area is 123 Å². The molecule has 0 atom stereocenters. The summed E-state index contributed by atoms with van der Waals surface area (Å²) in [5, 5.41) is 3.33. The minimum atomic E-state index is 0.630. The van der Waals surface area contributed by atoms with Crippen LogP contribution in [0.1, 0.15) is 32.3 Å². The highest BCUT2D eigenvalue weighted by Crippen LogP contribution is 2.20. The Hall–Kier alpha value is -1.13. The van der Waals surface area contributed by atoms with Crippen molar-refractivity contribution in [2.24, 2.45) is 0 Å². The Kier molecular flexibility index (Phi) is 5.80. The van der Waals surface area contributed by atoms with Crippen molar-refractivity contribution in [3.63, 3.8) is 0 Å². The van der Waals surface area contributed by atoms with E-state index in [-0.39, 0.29) is 0 Å². The first-order valence-electron chi connectivity index (χ1n) is 7.85. The lowest BCUT2D eigenvalue weighted by molar-refractivity contribution is 0.220. The molecule has 1 aliphatic rings. The first-order chi connectivity index (χ1) is 9.74. The summed E-state index contributed by atoms with van der Waals surface area (Å²) in [7, 11) is 2.18. The summed E-state index contributed by atoms with van der Waals surface area (Å²) in [5.41, 5.74) is 1.25. The molecule has 0 aliphatic carbocycles. The molecule has 4 heteroatoms. The Balaban J connectivity index is 1.90. The number of aromatic nitrogens is 1. The molecule has 0 spiro atoms. The summed E-state index contributed by atoms with van der Waals surface area (Å²) in [5.74, 6) is 1.10. The van der Waals surface area contributed by atoms with Crippen molar-refractivity contribution < 1.29 is 0 Å². The van der Waals surface area contributed by atoms with Crippen LogP contribution in [0.2, 0.25) is 0 Å². The average molecular weight is 276 g/mol. The predicted octanol–water partition coefficient (Wildman–Crippen LogP) is 2.11. The van der Waals surface area contributed by atoms with Gasteiger partial charge in [-0.25, -0.2) is 4.98 Å². The van der Waals surface area contributed by atoms with Gasteiger partial charge in [0.25, 0.3) is 0 Å². The minimum Gasteiger partial charge on any atom is -0.357 e. The van der Waals surface area contributed by atoms with Gasteiger partial charge in [-0.1, -0.05) is 19.9 Å². The highest BCUT2D eigenvalue weighted by molar-refractivity contribution is 5.39. The van der Waals surface area contributed by atoms with Crippen LogP contribution in [0.5, 0.6) is 0 Å². The highest BCUT2D eigenvalue weighted by atomic mass is 15.2. The second-order valence-corrected chi connectivity index (χ2v) is 5.58. The van der Waals surface area contributed by atoms with Crippen molar-refractivity contribution in [1.82, 2.24) is 15.2 Å². The summed E-state index contributed by atoms with van der Waals surface area (Å²) < 4.78 is 0. The molecule has 1 fully saturated rings. The van der Waals surface area contributed by atoms with Gasteiger partial charge in [-0.2, -0.15) is 0 Å². The molecule has 1 aromatic heterocycles. The molecular weight excluding hydrogens is 248 g/mol. The van der Waals surface area contributed by atoms with Crippen LogP contribution >= 0.6 is 0 Å². The molecule has 0 aromatic carbocycles. The van der Waals surface area contributed by atoms with E-state index in [1.54, 1.807) is 0 Å². The molecule has 4 nitrogen and oxygen atoms in total. The summed E-state index contributed by atoms with van der Waals surface area (Å²) in [6.45, 7) is 9.87. The van der Waals surface area contributed by atoms with Crippen LogP contribution in [0, 0.1) is 0 Å². The summed E-state index contributed by atoms with van der Waals surface area (Å²) >= 11 is 0. The lowest BCUT2D eigenvalue weighted by Crippen LogP contribution is -2.43. The Bertz CT molecular complexity index is 382. The molecule has 0 amide bonds. The first-order valence-corrected chi connectivity index (χ1v) is 7.85. The molecule has 0 unspecified atom stereocenters. The van der Waals surface area contributed by atoms with E-state index < -0.39 is 0 Å². The number of likely N-dealkylation sites (tertiary alicyclic amines) is 1. The summed E-state index contributed by atoms with van der Waals surface area (Å²) in [4.78, 5) is 9.49. The van der Waals surface area contributed by atoms with Crippen molar-refractivity contribution in [3.05, 3.63) is 23.9 Å². The van der Waals surface area contributed by atoms with Gasteiger partial charge in [0.05, 0.1) is 0 Å². The normalized spacial score (nSPS) is 17.4. The first kappa shape index (κ1) is 15.3. The number of anilines is 1. The van der Waals surface area contributed by atoms with Crippen LogP contribution in [-0.2, 0) is 6.54 Å². The SMILES string of the molecule is CCNCc1ccc(N(C)C2CCN(CC)CC2)nc1. The third kappa shape index (κ3) is 3.93. The van der Waals surface area contributed by atoms with Crippen LogP contribution in [-0.4, -0.2) is 49.2 Å². The number of nitrogens with one attached hydrogen (secondary N) is 1. The molecule has 1 aromatic rings. The molecule has 0 saturated carbocycles. The van der Waals surface area contributed by atoms with Crippen LogP contribution in [0.4, 0.5) is 5.82 Å². The van der Waals surface area contributed by atoms with Crippen LogP contribution in [0.3, 0.4) is 0 Å². The highest BCUT2D eigenvalue weighted by Gasteiger charge is 2.22. The van der Waals surface area contributed by atoms with Gasteiger partial charge in [-0.15, -0.1) is 0 Å². The lowest BCUT2D eigenvalue weighted by atomic mass is 10.0. The number of piperidine rings is 1. The van der Waals surface area contributed by atoms with Gasteiger partial charge >= 0.3 is 0 Å². The molecule has 0 radical (unpaired) electrons. The maximum absolute atomic E-state index is 4.62. The van der Waals surface area contributed by atoms with E-state index in [1.807, 2.05) is 6.20 Å². The van der Waals surface area contributed by atoms with E-state index in [1.165, 1.54) is 38.0 Å². The van der Waals surface area contributed by atoms with Gasteiger partial charge in [0.1, 0.15) is 5.82 Å². The van der Waals surface area contributed by atoms with E-state index in [0.29, 0.717) is 6.04 Å². The molecule has 0 bridgehead atoms. The maximum Gasteiger partial charge on any atom is 0.128 e. The number of nitrogens with zero attached hydrogens (tertiary/aromatic N) is 3. The third-order valence-electron chi connectivity index (χ3n) is 4.30. The van der Waals surface area contributed by atoms with Crippen molar-refractivity contribution in [3.8, 4) is 0 Å². The summed E-state index contributed by atoms with van der Waals surface area (Å²) in [6.07, 6.45) is 4.48. The van der Waals surface area contributed by atoms with E-state index in [0.717, 1.165) is 18.9 Å². The average Bonchev–Trinajstić information content (AvgIpc) is 2.53. The van der Waals surface area contributed by atoms with Gasteiger partial charge < -0.3 is 15.1 Å². The molecule has 1 N–H and O–H groups in total. The maximum atomic E-state index is 4.62. The molecule has 1 aliphatic heterocycles. The monoisotopic (exact) mass is 276 g/mol. The molecule has 2 heterocycles. The Morgan fingerprint density at radius 1 is 1.30 bits per heavy atom. The fourth-order valence-electron chi connectivity index (χ4n) is 2.81. The minimum absolute atomic E-state index is 0.630. The molecule has 1 saturated heterocycles. The van der Waals surface area contributed by atoms with Crippen LogP contribution in [0.25, 0.3) is 0 Å². The number of pyridine rings is 1. The molecule has 20 heavy (non-hydrogen) atoms. The summed E-state index contributed by atoms with van der Waals surface area (Å²) in [6, 6.07) is 4.96. The van der Waals surface area contributed by atoms with Gasteiger partial charge in [-0.05, 0) is 37.6 Å². The third-order valence-corrected chi connectivity index (χ3v) is 4.30. The van der Waals surface area contributed by atoms with E-state index in [9.17, 15) is 0 Å². The fraction of sp³-hybridized carbons (Fsp3) is 0.688. The van der Waals surface area contributed by atoms with Gasteiger partial charge in [0, 0.05) is 38.9 Å². The largest absolute Gasteiger partial charge is 0.357 e. The van der Waals surface area contributed by atoms with Gasteiger partial charge in [-0.3, -0.25) is 0 Å². The zero-order valence-electron chi connectivity index (χ0n) is 13.1. The fourth-order valence-corrected chi connectivity index (χ4v) is 2.81. The Morgan fingerprint density at radius 2 is 2.05 bits per heavy atom. The quantitative estimate of drug-likeness (QED) is 0.862. The van der Waals surface area contributed by atoms with Gasteiger partial charge in [0.2, 0.25) is 0 Å². The second kappa shape index (κ2) is 7.60. The molecular formula is C16H28N4.